The van der Waals surface area contributed by atoms with Gasteiger partial charge in [-0.2, -0.15) is 0 Å². The Hall–Kier alpha value is -0.820. The number of benzene rings is 1. The van der Waals surface area contributed by atoms with E-state index in [1.807, 2.05) is 0 Å². The summed E-state index contributed by atoms with van der Waals surface area (Å²) in [6, 6.07) is 6.49. The Balaban J connectivity index is 2.49. The molecule has 0 heterocycles. The Morgan fingerprint density at radius 1 is 1.14 bits per heavy atom. The first kappa shape index (κ1) is 11.3. The van der Waals surface area contributed by atoms with Crippen LogP contribution in [-0.2, 0) is 6.54 Å². The molecule has 1 rings (SSSR count). The Morgan fingerprint density at radius 2 is 1.79 bits per heavy atom. The smallest absolute Gasteiger partial charge is 0.0210 e. The first-order chi connectivity index (χ1) is 6.75. The topological polar surface area (TPSA) is 12.0 Å². The fourth-order valence-corrected chi connectivity index (χ4v) is 1.64. The van der Waals surface area contributed by atoms with Crippen LogP contribution in [0.15, 0.2) is 18.2 Å². The second-order valence-electron chi connectivity index (χ2n) is 3.90. The van der Waals surface area contributed by atoms with E-state index in [2.05, 4.69) is 44.3 Å². The molecule has 0 radical (unpaired) electrons. The van der Waals surface area contributed by atoms with E-state index in [1.54, 1.807) is 0 Å². The molecule has 0 saturated heterocycles. The van der Waals surface area contributed by atoms with Gasteiger partial charge in [0.05, 0.1) is 0 Å². The number of unbranched alkanes of at least 4 members (excludes halogenated alkanes) is 1. The summed E-state index contributed by atoms with van der Waals surface area (Å²) in [6.07, 6.45) is 2.53. The number of aryl methyl sites for hydroxylation is 2. The van der Waals surface area contributed by atoms with Crippen LogP contribution in [0.1, 0.15) is 36.5 Å². The van der Waals surface area contributed by atoms with Gasteiger partial charge in [0.2, 0.25) is 0 Å². The van der Waals surface area contributed by atoms with E-state index >= 15 is 0 Å². The van der Waals surface area contributed by atoms with Crippen molar-refractivity contribution in [3.8, 4) is 0 Å². The molecule has 1 N–H and O–H groups in total. The molecule has 1 aromatic rings. The summed E-state index contributed by atoms with van der Waals surface area (Å²) in [6.45, 7) is 8.73. The van der Waals surface area contributed by atoms with Crippen LogP contribution in [0.5, 0.6) is 0 Å². The van der Waals surface area contributed by atoms with E-state index in [1.165, 1.54) is 29.5 Å². The molecule has 0 unspecified atom stereocenters. The van der Waals surface area contributed by atoms with E-state index < -0.39 is 0 Å². The summed E-state index contributed by atoms with van der Waals surface area (Å²) in [5.41, 5.74) is 4.26. The molecular weight excluding hydrogens is 170 g/mol. The summed E-state index contributed by atoms with van der Waals surface area (Å²) in [5, 5.41) is 3.48. The second-order valence-corrected chi connectivity index (χ2v) is 3.90. The summed E-state index contributed by atoms with van der Waals surface area (Å²) in [5.74, 6) is 0. The van der Waals surface area contributed by atoms with Crippen molar-refractivity contribution in [3.05, 3.63) is 34.9 Å². The zero-order valence-electron chi connectivity index (χ0n) is 9.56. The molecule has 0 saturated carbocycles. The van der Waals surface area contributed by atoms with Crippen molar-refractivity contribution in [2.24, 2.45) is 0 Å². The van der Waals surface area contributed by atoms with Gasteiger partial charge in [-0.1, -0.05) is 31.5 Å². The minimum absolute atomic E-state index is 1.01. The molecule has 0 aliphatic heterocycles. The van der Waals surface area contributed by atoms with Crippen LogP contribution in [0.25, 0.3) is 0 Å². The molecule has 78 valence electrons. The molecule has 0 aliphatic rings. The average Bonchev–Trinajstić information content (AvgIpc) is 2.16. The van der Waals surface area contributed by atoms with Crippen molar-refractivity contribution in [1.82, 2.24) is 5.32 Å². The minimum Gasteiger partial charge on any atom is -0.313 e. The maximum Gasteiger partial charge on any atom is 0.0210 e. The van der Waals surface area contributed by atoms with E-state index in [-0.39, 0.29) is 0 Å². The Kier molecular flexibility index (Phi) is 4.68. The highest BCUT2D eigenvalue weighted by molar-refractivity contribution is 5.33. The van der Waals surface area contributed by atoms with Gasteiger partial charge in [0, 0.05) is 6.54 Å². The second kappa shape index (κ2) is 5.82. The summed E-state index contributed by atoms with van der Waals surface area (Å²) in [7, 11) is 0. The number of hydrogen-bond acceptors (Lipinski definition) is 1. The van der Waals surface area contributed by atoms with Gasteiger partial charge >= 0.3 is 0 Å². The standard InChI is InChI=1S/C13H21N/c1-4-5-9-14-10-13-11(2)7-6-8-12(13)3/h6-8,14H,4-5,9-10H2,1-3H3. The highest BCUT2D eigenvalue weighted by Gasteiger charge is 2.00. The van der Waals surface area contributed by atoms with Crippen LogP contribution in [0.3, 0.4) is 0 Å². The Labute approximate surface area is 87.5 Å². The molecule has 0 atom stereocenters. The molecule has 1 nitrogen and oxygen atoms in total. The van der Waals surface area contributed by atoms with E-state index in [9.17, 15) is 0 Å². The number of hydrogen-bond donors (Lipinski definition) is 1. The van der Waals surface area contributed by atoms with Crippen LogP contribution in [-0.4, -0.2) is 6.54 Å². The lowest BCUT2D eigenvalue weighted by molar-refractivity contribution is 0.638. The largest absolute Gasteiger partial charge is 0.313 e. The van der Waals surface area contributed by atoms with Gasteiger partial charge in [-0.3, -0.25) is 0 Å². The maximum absolute atomic E-state index is 3.48. The minimum atomic E-state index is 1.01. The molecule has 0 fully saturated rings. The summed E-state index contributed by atoms with van der Waals surface area (Å²) >= 11 is 0. The SMILES string of the molecule is CCCCNCc1c(C)cccc1C. The van der Waals surface area contributed by atoms with Gasteiger partial charge in [0.15, 0.2) is 0 Å². The van der Waals surface area contributed by atoms with E-state index in [4.69, 9.17) is 0 Å². The fraction of sp³-hybridized carbons (Fsp3) is 0.538. The van der Waals surface area contributed by atoms with Gasteiger partial charge in [-0.25, -0.2) is 0 Å². The normalized spacial score (nSPS) is 10.5. The molecule has 0 aromatic heterocycles. The molecule has 14 heavy (non-hydrogen) atoms. The molecule has 0 aliphatic carbocycles. The predicted octanol–water partition coefficient (Wildman–Crippen LogP) is 3.19. The number of nitrogens with one attached hydrogen (secondary N) is 1. The van der Waals surface area contributed by atoms with Crippen LogP contribution in [0.2, 0.25) is 0 Å². The first-order valence-electron chi connectivity index (χ1n) is 5.51. The fourth-order valence-electron chi connectivity index (χ4n) is 1.64. The molecule has 0 bridgehead atoms. The van der Waals surface area contributed by atoms with Crippen LogP contribution in [0.4, 0.5) is 0 Å². The van der Waals surface area contributed by atoms with Gasteiger partial charge < -0.3 is 5.32 Å². The van der Waals surface area contributed by atoms with Crippen molar-refractivity contribution in [3.63, 3.8) is 0 Å². The van der Waals surface area contributed by atoms with Gasteiger partial charge in [-0.05, 0) is 43.5 Å². The monoisotopic (exact) mass is 191 g/mol. The van der Waals surface area contributed by atoms with E-state index in [0.717, 1.165) is 13.1 Å². The molecule has 0 spiro atoms. The van der Waals surface area contributed by atoms with Crippen molar-refractivity contribution in [2.45, 2.75) is 40.2 Å². The van der Waals surface area contributed by atoms with Gasteiger partial charge in [0.25, 0.3) is 0 Å². The molecule has 1 aromatic carbocycles. The Bertz CT molecular complexity index is 258. The highest BCUT2D eigenvalue weighted by atomic mass is 14.8. The summed E-state index contributed by atoms with van der Waals surface area (Å²) in [4.78, 5) is 0. The van der Waals surface area contributed by atoms with Crippen molar-refractivity contribution >= 4 is 0 Å². The third kappa shape index (κ3) is 3.15. The number of rotatable bonds is 5. The quantitative estimate of drug-likeness (QED) is 0.705. The highest BCUT2D eigenvalue weighted by Crippen LogP contribution is 2.12. The van der Waals surface area contributed by atoms with Gasteiger partial charge in [0.1, 0.15) is 0 Å². The third-order valence-corrected chi connectivity index (χ3v) is 2.65. The predicted molar refractivity (Wildman–Crippen MR) is 62.5 cm³/mol. The Morgan fingerprint density at radius 3 is 2.36 bits per heavy atom. The van der Waals surface area contributed by atoms with Crippen molar-refractivity contribution in [2.75, 3.05) is 6.54 Å². The van der Waals surface area contributed by atoms with E-state index in [0.29, 0.717) is 0 Å². The molecule has 1 heteroatoms. The lowest BCUT2D eigenvalue weighted by atomic mass is 10.0. The van der Waals surface area contributed by atoms with Crippen molar-refractivity contribution < 1.29 is 0 Å². The lowest BCUT2D eigenvalue weighted by Gasteiger charge is -2.10. The van der Waals surface area contributed by atoms with Crippen LogP contribution >= 0.6 is 0 Å². The van der Waals surface area contributed by atoms with Crippen LogP contribution in [0, 0.1) is 13.8 Å². The third-order valence-electron chi connectivity index (χ3n) is 2.65. The van der Waals surface area contributed by atoms with Crippen molar-refractivity contribution in [1.29, 1.82) is 0 Å². The average molecular weight is 191 g/mol. The first-order valence-corrected chi connectivity index (χ1v) is 5.51. The molecular formula is C13H21N. The molecule has 0 amide bonds. The summed E-state index contributed by atoms with van der Waals surface area (Å²) < 4.78 is 0. The zero-order valence-corrected chi connectivity index (χ0v) is 9.56. The zero-order chi connectivity index (χ0) is 10.4. The maximum atomic E-state index is 3.48. The lowest BCUT2D eigenvalue weighted by Crippen LogP contribution is -2.16. The van der Waals surface area contributed by atoms with Crippen LogP contribution < -0.4 is 5.32 Å². The van der Waals surface area contributed by atoms with Gasteiger partial charge in [-0.15, -0.1) is 0 Å².